The number of fused-ring (bicyclic) bond motifs is 1. The molecule has 0 radical (unpaired) electrons. The van der Waals surface area contributed by atoms with Gasteiger partial charge in [-0.05, 0) is 70.2 Å². The lowest BCUT2D eigenvalue weighted by atomic mass is 9.85. The van der Waals surface area contributed by atoms with E-state index in [0.717, 1.165) is 5.56 Å². The molecule has 0 saturated carbocycles. The number of benzene rings is 3. The maximum atomic E-state index is 14.8. The topological polar surface area (TPSA) is 182 Å². The van der Waals surface area contributed by atoms with Gasteiger partial charge in [0.1, 0.15) is 45.7 Å². The predicted molar refractivity (Wildman–Crippen MR) is 234 cm³/mol. The molecule has 0 spiro atoms. The molecule has 2 heterocycles. The summed E-state index contributed by atoms with van der Waals surface area (Å²) in [6.07, 6.45) is 0.0428. The van der Waals surface area contributed by atoms with Crippen molar-refractivity contribution in [2.24, 2.45) is 5.41 Å². The van der Waals surface area contributed by atoms with Crippen LogP contribution < -0.4 is 24.8 Å². The molecule has 1 aliphatic rings. The minimum atomic E-state index is -4.48. The molecule has 4 atom stereocenters. The number of aromatic nitrogens is 1. The molecule has 1 aliphatic heterocycles. The van der Waals surface area contributed by atoms with Gasteiger partial charge < -0.3 is 29.7 Å². The van der Waals surface area contributed by atoms with Crippen molar-refractivity contribution in [1.82, 2.24) is 25.2 Å². The fourth-order valence-corrected chi connectivity index (χ4v) is 8.49. The molecule has 3 N–H and O–H groups in total. The summed E-state index contributed by atoms with van der Waals surface area (Å²) in [6.45, 7) is 15.4. The molecule has 1 saturated heterocycles. The van der Waals surface area contributed by atoms with Gasteiger partial charge in [-0.1, -0.05) is 80.9 Å². The van der Waals surface area contributed by atoms with E-state index in [1.54, 1.807) is 72.9 Å². The van der Waals surface area contributed by atoms with E-state index in [0.29, 0.717) is 28.1 Å². The molecule has 0 aliphatic carbocycles. The van der Waals surface area contributed by atoms with Crippen molar-refractivity contribution in [2.75, 3.05) is 13.7 Å². The van der Waals surface area contributed by atoms with Crippen molar-refractivity contribution in [3.05, 3.63) is 96.5 Å². The van der Waals surface area contributed by atoms with E-state index in [9.17, 15) is 27.6 Å². The first-order valence-corrected chi connectivity index (χ1v) is 21.7. The minimum Gasteiger partial charge on any atom is -0.497 e. The SMILES string of the molecule is C=CCCC(C)(NC(=O)C1CC(Oc2cc(-c3ccccc3)nc3cc(OC)ccc23)CN1C(=O)C(NC(=O)OC(C)(C)C)C(C)(C)C)C(=O)NS(=O)(=O)c1ccccc1Cl. The van der Waals surface area contributed by atoms with Crippen LogP contribution >= 0.6 is 11.6 Å². The summed E-state index contributed by atoms with van der Waals surface area (Å²) in [5, 5.41) is 6.04. The second kappa shape index (κ2) is 18.5. The third kappa shape index (κ3) is 11.4. The highest BCUT2D eigenvalue weighted by Crippen LogP contribution is 2.36. The number of ether oxygens (including phenoxy) is 3. The lowest BCUT2D eigenvalue weighted by Gasteiger charge is -2.36. The Balaban J connectivity index is 1.54. The first-order chi connectivity index (χ1) is 28.5. The molecule has 0 bridgehead atoms. The molecule has 5 rings (SSSR count). The Morgan fingerprint density at radius 2 is 1.64 bits per heavy atom. The second-order valence-electron chi connectivity index (χ2n) is 17.2. The molecule has 1 aromatic heterocycles. The van der Waals surface area contributed by atoms with Gasteiger partial charge in [-0.25, -0.2) is 22.9 Å². The quantitative estimate of drug-likeness (QED) is 0.110. The van der Waals surface area contributed by atoms with Crippen LogP contribution in [0.25, 0.3) is 22.2 Å². The van der Waals surface area contributed by atoms with E-state index >= 15 is 0 Å². The Morgan fingerprint density at radius 1 is 0.967 bits per heavy atom. The van der Waals surface area contributed by atoms with Crippen LogP contribution in [0, 0.1) is 5.41 Å². The van der Waals surface area contributed by atoms with Crippen LogP contribution in [0.15, 0.2) is 96.4 Å². The number of halogens is 1. The first kappa shape index (κ1) is 46.4. The monoisotopic (exact) mass is 875 g/mol. The predicted octanol–water partition coefficient (Wildman–Crippen LogP) is 7.20. The highest BCUT2D eigenvalue weighted by molar-refractivity contribution is 7.90. The van der Waals surface area contributed by atoms with Gasteiger partial charge in [-0.15, -0.1) is 6.58 Å². The number of alkyl carbamates (subject to hydrolysis) is 1. The number of rotatable bonds is 14. The maximum absolute atomic E-state index is 14.8. The van der Waals surface area contributed by atoms with Crippen molar-refractivity contribution in [3.63, 3.8) is 0 Å². The van der Waals surface area contributed by atoms with Gasteiger partial charge >= 0.3 is 6.09 Å². The van der Waals surface area contributed by atoms with Gasteiger partial charge in [-0.3, -0.25) is 14.4 Å². The number of pyridine rings is 1. The van der Waals surface area contributed by atoms with Crippen LogP contribution in [0.1, 0.15) is 67.7 Å². The number of nitrogens with one attached hydrogen (secondary N) is 3. The molecule has 16 heteroatoms. The largest absolute Gasteiger partial charge is 0.497 e. The molecule has 4 amide bonds. The molecule has 1 fully saturated rings. The summed E-state index contributed by atoms with van der Waals surface area (Å²) in [5.41, 5.74) is -1.54. The average molecular weight is 876 g/mol. The van der Waals surface area contributed by atoms with Crippen LogP contribution in [-0.4, -0.2) is 85.1 Å². The molecule has 4 unspecified atom stereocenters. The zero-order valence-electron chi connectivity index (χ0n) is 35.7. The van der Waals surface area contributed by atoms with E-state index in [1.807, 2.05) is 36.4 Å². The third-order valence-corrected chi connectivity index (χ3v) is 11.9. The number of carbonyl (C=O) groups is 4. The van der Waals surface area contributed by atoms with Gasteiger partial charge in [0.25, 0.3) is 15.9 Å². The summed E-state index contributed by atoms with van der Waals surface area (Å²) in [7, 11) is -2.92. The van der Waals surface area contributed by atoms with Crippen molar-refractivity contribution >= 4 is 56.3 Å². The maximum Gasteiger partial charge on any atom is 0.408 e. The fourth-order valence-electron chi connectivity index (χ4n) is 6.88. The zero-order chi connectivity index (χ0) is 44.9. The van der Waals surface area contributed by atoms with Crippen molar-refractivity contribution in [2.45, 2.75) is 102 Å². The zero-order valence-corrected chi connectivity index (χ0v) is 37.3. The van der Waals surface area contributed by atoms with Crippen molar-refractivity contribution in [1.29, 1.82) is 0 Å². The Hall–Kier alpha value is -5.67. The molecule has 61 heavy (non-hydrogen) atoms. The molecular weight excluding hydrogens is 822 g/mol. The Labute approximate surface area is 362 Å². The van der Waals surface area contributed by atoms with E-state index < -0.39 is 68.6 Å². The van der Waals surface area contributed by atoms with Gasteiger partial charge in [0.2, 0.25) is 11.8 Å². The standard InChI is InChI=1S/C45H54ClN5O9S/c1-10-11-23-45(8,41(54)50-61(56,57)37-20-16-15-19-32(37)46)49-39(52)35-25-30(27-51(35)40(53)38(43(2,3)4)48-42(55)60-44(5,6)7)59-36-26-33(28-17-13-12-14-18-28)47-34-24-29(58-9)21-22-31(34)36/h10,12-22,24,26,30,35,38H,1,11,23,25,27H2,2-9H3,(H,48,55)(H,49,52)(H,50,54). The Kier molecular flexibility index (Phi) is 14.1. The van der Waals surface area contributed by atoms with Crippen LogP contribution in [0.4, 0.5) is 4.79 Å². The van der Waals surface area contributed by atoms with E-state index in [1.165, 1.54) is 36.1 Å². The second-order valence-corrected chi connectivity index (χ2v) is 19.3. The highest BCUT2D eigenvalue weighted by atomic mass is 35.5. The molecule has 326 valence electrons. The molecule has 3 aromatic carbocycles. The van der Waals surface area contributed by atoms with Crippen LogP contribution in [-0.2, 0) is 29.1 Å². The van der Waals surface area contributed by atoms with E-state index in [2.05, 4.69) is 21.9 Å². The number of sulfonamides is 1. The smallest absolute Gasteiger partial charge is 0.408 e. The lowest BCUT2D eigenvalue weighted by molar-refractivity contribution is -0.143. The first-order valence-electron chi connectivity index (χ1n) is 19.8. The molecule has 14 nitrogen and oxygen atoms in total. The highest BCUT2D eigenvalue weighted by Gasteiger charge is 2.48. The number of hydrogen-bond donors (Lipinski definition) is 3. The Morgan fingerprint density at radius 3 is 2.26 bits per heavy atom. The number of methoxy groups -OCH3 is 1. The van der Waals surface area contributed by atoms with Crippen LogP contribution in [0.3, 0.4) is 0 Å². The van der Waals surface area contributed by atoms with Crippen LogP contribution in [0.2, 0.25) is 5.02 Å². The van der Waals surface area contributed by atoms with Gasteiger partial charge in [0.05, 0.1) is 29.9 Å². The average Bonchev–Trinajstić information content (AvgIpc) is 3.61. The summed E-state index contributed by atoms with van der Waals surface area (Å²) in [6, 6.07) is 19.9. The van der Waals surface area contributed by atoms with Crippen molar-refractivity contribution in [3.8, 4) is 22.8 Å². The summed E-state index contributed by atoms with van der Waals surface area (Å²) < 4.78 is 46.6. The van der Waals surface area contributed by atoms with Crippen LogP contribution in [0.5, 0.6) is 11.5 Å². The minimum absolute atomic E-state index is 0.0431. The molecular formula is C45H54ClN5O9S. The molecule has 4 aromatic rings. The third-order valence-electron chi connectivity index (χ3n) is 10.1. The van der Waals surface area contributed by atoms with Gasteiger partial charge in [0, 0.05) is 29.5 Å². The number of nitrogens with zero attached hydrogens (tertiary/aromatic N) is 2. The number of hydrogen-bond acceptors (Lipinski definition) is 10. The number of allylic oxidation sites excluding steroid dienone is 1. The van der Waals surface area contributed by atoms with E-state index in [4.69, 9.17) is 30.8 Å². The van der Waals surface area contributed by atoms with E-state index in [-0.39, 0.29) is 35.7 Å². The lowest BCUT2D eigenvalue weighted by Crippen LogP contribution is -2.62. The number of carbonyl (C=O) groups excluding carboxylic acids is 4. The van der Waals surface area contributed by atoms with Gasteiger partial charge in [-0.2, -0.15) is 0 Å². The number of amides is 4. The van der Waals surface area contributed by atoms with Gasteiger partial charge in [0.15, 0.2) is 0 Å². The number of likely N-dealkylation sites (tertiary alicyclic amines) is 1. The summed E-state index contributed by atoms with van der Waals surface area (Å²) in [4.78, 5) is 62.4. The Bertz CT molecular complexity index is 2400. The summed E-state index contributed by atoms with van der Waals surface area (Å²) in [5.74, 6) is -1.37. The van der Waals surface area contributed by atoms with Crippen molar-refractivity contribution < 1.29 is 41.8 Å². The normalized spacial score (nSPS) is 17.1. The summed E-state index contributed by atoms with van der Waals surface area (Å²) >= 11 is 6.18. The fraction of sp³-hybridized carbons (Fsp3) is 0.400.